The Balaban J connectivity index is 1.04. The van der Waals surface area contributed by atoms with Crippen molar-refractivity contribution in [2.75, 3.05) is 50.8 Å². The van der Waals surface area contributed by atoms with Crippen LogP contribution >= 0.6 is 11.3 Å². The number of hydrogen-bond donors (Lipinski definition) is 1. The van der Waals surface area contributed by atoms with Crippen LogP contribution in [0, 0.1) is 0 Å². The Kier molecular flexibility index (Phi) is 6.09. The highest BCUT2D eigenvalue weighted by atomic mass is 32.1. The van der Waals surface area contributed by atoms with E-state index in [9.17, 15) is 4.79 Å². The molecule has 2 aromatic carbocycles. The van der Waals surface area contributed by atoms with Gasteiger partial charge in [-0.05, 0) is 67.1 Å². The van der Waals surface area contributed by atoms with E-state index in [1.165, 1.54) is 15.8 Å². The molecule has 1 saturated heterocycles. The Morgan fingerprint density at radius 1 is 1.03 bits per heavy atom. The number of unbranched alkanes of at least 4 members (excludes halogenated alkanes) is 1. The summed E-state index contributed by atoms with van der Waals surface area (Å²) in [5.41, 5.74) is 3.26. The second-order valence-corrected chi connectivity index (χ2v) is 9.27. The predicted molar refractivity (Wildman–Crippen MR) is 128 cm³/mol. The summed E-state index contributed by atoms with van der Waals surface area (Å²) in [6.07, 6.45) is 3.06. The molecule has 0 saturated carbocycles. The van der Waals surface area contributed by atoms with Gasteiger partial charge in [0, 0.05) is 54.1 Å². The van der Waals surface area contributed by atoms with Gasteiger partial charge in [0.1, 0.15) is 5.75 Å². The lowest BCUT2D eigenvalue weighted by molar-refractivity contribution is 0.0945. The zero-order chi connectivity index (χ0) is 21.0. The largest absolute Gasteiger partial charge is 0.494 e. The van der Waals surface area contributed by atoms with Crippen LogP contribution in [0.1, 0.15) is 28.8 Å². The van der Waals surface area contributed by atoms with Crippen molar-refractivity contribution in [3.8, 4) is 5.75 Å². The van der Waals surface area contributed by atoms with Crippen LogP contribution in [0.2, 0.25) is 0 Å². The van der Waals surface area contributed by atoms with E-state index in [1.54, 1.807) is 0 Å². The number of benzene rings is 2. The van der Waals surface area contributed by atoms with Crippen LogP contribution in [-0.4, -0.2) is 56.7 Å². The molecule has 0 spiro atoms. The van der Waals surface area contributed by atoms with Crippen molar-refractivity contribution in [2.24, 2.45) is 0 Å². The average molecular weight is 436 g/mol. The van der Waals surface area contributed by atoms with Gasteiger partial charge in [-0.25, -0.2) is 0 Å². The molecule has 0 aliphatic carbocycles. The molecule has 1 N–H and O–H groups in total. The number of hydrogen-bond acceptors (Lipinski definition) is 5. The average Bonchev–Trinajstić information content (AvgIpc) is 3.29. The van der Waals surface area contributed by atoms with Crippen molar-refractivity contribution in [3.63, 3.8) is 0 Å². The molecule has 6 heteroatoms. The molecule has 1 fully saturated rings. The molecular formula is C25H29N3O2S. The fourth-order valence-corrected chi connectivity index (χ4v) is 5.38. The maximum atomic E-state index is 12.0. The van der Waals surface area contributed by atoms with Crippen molar-refractivity contribution in [3.05, 3.63) is 59.0 Å². The first-order valence-electron chi connectivity index (χ1n) is 11.3. The summed E-state index contributed by atoms with van der Waals surface area (Å²) in [6.45, 7) is 6.94. The molecule has 1 aromatic heterocycles. The van der Waals surface area contributed by atoms with Crippen LogP contribution in [0.5, 0.6) is 5.75 Å². The summed E-state index contributed by atoms with van der Waals surface area (Å²) in [5.74, 6) is 0.813. The van der Waals surface area contributed by atoms with Crippen molar-refractivity contribution in [1.82, 2.24) is 10.2 Å². The molecule has 31 heavy (non-hydrogen) atoms. The third-order valence-electron chi connectivity index (χ3n) is 6.33. The lowest BCUT2D eigenvalue weighted by atomic mass is 10.0. The predicted octanol–water partition coefficient (Wildman–Crippen LogP) is 4.17. The van der Waals surface area contributed by atoms with Crippen molar-refractivity contribution in [1.29, 1.82) is 0 Å². The van der Waals surface area contributed by atoms with E-state index in [0.29, 0.717) is 6.61 Å². The fraction of sp³-hybridized carbons (Fsp3) is 0.400. The van der Waals surface area contributed by atoms with Gasteiger partial charge in [-0.1, -0.05) is 12.1 Å². The van der Waals surface area contributed by atoms with E-state index in [2.05, 4.69) is 44.8 Å². The van der Waals surface area contributed by atoms with Crippen LogP contribution in [0.25, 0.3) is 10.1 Å². The summed E-state index contributed by atoms with van der Waals surface area (Å²) in [4.78, 5) is 17.1. The van der Waals surface area contributed by atoms with Crippen LogP contribution in [0.4, 0.5) is 5.69 Å². The number of thiophene rings is 1. The Morgan fingerprint density at radius 2 is 1.94 bits per heavy atom. The fourth-order valence-electron chi connectivity index (χ4n) is 4.57. The van der Waals surface area contributed by atoms with Gasteiger partial charge in [-0.3, -0.25) is 9.69 Å². The third kappa shape index (κ3) is 4.55. The van der Waals surface area contributed by atoms with Gasteiger partial charge >= 0.3 is 0 Å². The highest BCUT2D eigenvalue weighted by Crippen LogP contribution is 2.31. The summed E-state index contributed by atoms with van der Waals surface area (Å²) < 4.78 is 7.29. The molecule has 2 aliphatic rings. The number of anilines is 1. The van der Waals surface area contributed by atoms with Gasteiger partial charge in [0.05, 0.1) is 6.61 Å². The van der Waals surface area contributed by atoms with E-state index in [-0.39, 0.29) is 5.91 Å². The smallest absolute Gasteiger partial charge is 0.251 e. The summed E-state index contributed by atoms with van der Waals surface area (Å²) >= 11 is 1.82. The Bertz CT molecular complexity index is 1060. The Labute approximate surface area is 187 Å². The molecule has 5 nitrogen and oxygen atoms in total. The number of rotatable bonds is 7. The number of carbonyl (C=O) groups is 1. The molecule has 0 radical (unpaired) electrons. The van der Waals surface area contributed by atoms with E-state index < -0.39 is 0 Å². The van der Waals surface area contributed by atoms with Gasteiger partial charge in [-0.15, -0.1) is 11.3 Å². The van der Waals surface area contributed by atoms with Gasteiger partial charge in [0.15, 0.2) is 0 Å². The van der Waals surface area contributed by atoms with Gasteiger partial charge in [0.2, 0.25) is 0 Å². The van der Waals surface area contributed by atoms with Gasteiger partial charge < -0.3 is 15.0 Å². The molecule has 2 aliphatic heterocycles. The molecule has 5 rings (SSSR count). The zero-order valence-corrected chi connectivity index (χ0v) is 18.6. The van der Waals surface area contributed by atoms with E-state index in [1.807, 2.05) is 29.5 Å². The minimum atomic E-state index is 0.0149. The highest BCUT2D eigenvalue weighted by molar-refractivity contribution is 7.17. The molecule has 3 aromatic rings. The van der Waals surface area contributed by atoms with Crippen LogP contribution in [-0.2, 0) is 6.42 Å². The number of ether oxygens (including phenoxy) is 1. The highest BCUT2D eigenvalue weighted by Gasteiger charge is 2.19. The maximum absolute atomic E-state index is 12.0. The van der Waals surface area contributed by atoms with Crippen LogP contribution in [0.3, 0.4) is 0 Å². The Hall–Kier alpha value is -2.57. The minimum Gasteiger partial charge on any atom is -0.494 e. The number of carbonyl (C=O) groups excluding carboxylic acids is 1. The SMILES string of the molecule is O=C1NCCc2ccc(OCCCCN3CCN(c4cccc5sccc45)CC3)cc21. The van der Waals surface area contributed by atoms with E-state index in [4.69, 9.17) is 4.74 Å². The molecule has 162 valence electrons. The van der Waals surface area contributed by atoms with Crippen molar-refractivity contribution < 1.29 is 9.53 Å². The topological polar surface area (TPSA) is 44.8 Å². The van der Waals surface area contributed by atoms with Gasteiger partial charge in [-0.2, -0.15) is 0 Å². The monoisotopic (exact) mass is 435 g/mol. The van der Waals surface area contributed by atoms with E-state index in [0.717, 1.165) is 75.4 Å². The summed E-state index contributed by atoms with van der Waals surface area (Å²) in [5, 5.41) is 6.47. The summed E-state index contributed by atoms with van der Waals surface area (Å²) in [7, 11) is 0. The lowest BCUT2D eigenvalue weighted by Crippen LogP contribution is -2.46. The first-order chi connectivity index (χ1) is 15.3. The number of fused-ring (bicyclic) bond motifs is 2. The molecule has 1 amide bonds. The number of nitrogens with one attached hydrogen (secondary N) is 1. The van der Waals surface area contributed by atoms with Gasteiger partial charge in [0.25, 0.3) is 5.91 Å². The normalized spacial score (nSPS) is 16.9. The number of amides is 1. The zero-order valence-electron chi connectivity index (χ0n) is 17.8. The second-order valence-electron chi connectivity index (χ2n) is 8.32. The van der Waals surface area contributed by atoms with Crippen molar-refractivity contribution in [2.45, 2.75) is 19.3 Å². The quantitative estimate of drug-likeness (QED) is 0.566. The third-order valence-corrected chi connectivity index (χ3v) is 7.21. The van der Waals surface area contributed by atoms with Crippen LogP contribution in [0.15, 0.2) is 47.8 Å². The minimum absolute atomic E-state index is 0.0149. The van der Waals surface area contributed by atoms with Crippen molar-refractivity contribution >= 4 is 33.0 Å². The van der Waals surface area contributed by atoms with Crippen LogP contribution < -0.4 is 15.0 Å². The number of nitrogens with zero attached hydrogens (tertiary/aromatic N) is 2. The number of piperazine rings is 1. The molecule has 3 heterocycles. The second kappa shape index (κ2) is 9.28. The van der Waals surface area contributed by atoms with E-state index >= 15 is 0 Å². The molecule has 0 unspecified atom stereocenters. The first kappa shape index (κ1) is 20.3. The molecule has 0 atom stereocenters. The molecular weight excluding hydrogens is 406 g/mol. The Morgan fingerprint density at radius 3 is 2.84 bits per heavy atom. The summed E-state index contributed by atoms with van der Waals surface area (Å²) in [6, 6.07) is 14.8. The standard InChI is InChI=1S/C25H29N3O2S/c29-25-22-18-20(7-6-19(22)8-10-26-25)30-16-2-1-11-27-12-14-28(15-13-27)23-4-3-5-24-21(23)9-17-31-24/h3-7,9,17-18H,1-2,8,10-16H2,(H,26,29). The maximum Gasteiger partial charge on any atom is 0.251 e. The lowest BCUT2D eigenvalue weighted by Gasteiger charge is -2.36. The first-order valence-corrected chi connectivity index (χ1v) is 12.1. The molecule has 0 bridgehead atoms.